The van der Waals surface area contributed by atoms with Crippen molar-refractivity contribution in [1.29, 1.82) is 0 Å². The largest absolute Gasteiger partial charge is 0.310 e. The van der Waals surface area contributed by atoms with Crippen molar-refractivity contribution in [3.63, 3.8) is 0 Å². The fourth-order valence-electron chi connectivity index (χ4n) is 17.8. The Kier molecular flexibility index (Phi) is 19.3. The lowest BCUT2D eigenvalue weighted by atomic mass is 10.0. The van der Waals surface area contributed by atoms with Crippen LogP contribution in [0.25, 0.3) is 134 Å². The van der Waals surface area contributed by atoms with Crippen molar-refractivity contribution in [3.8, 4) is 50.2 Å². The van der Waals surface area contributed by atoms with E-state index < -0.39 is 0 Å². The molecule has 123 heavy (non-hydrogen) atoms. The molecular weight excluding hydrogens is 1530 g/mol. The van der Waals surface area contributed by atoms with Crippen LogP contribution in [0.5, 0.6) is 0 Å². The van der Waals surface area contributed by atoms with Crippen LogP contribution < -0.4 is 19.6 Å². The summed E-state index contributed by atoms with van der Waals surface area (Å²) in [5, 5.41) is 12.5. The summed E-state index contributed by atoms with van der Waals surface area (Å²) in [5.41, 5.74) is 26.4. The molecule has 0 amide bonds. The number of hydrogen-bond acceptors (Lipinski definition) is 6. The first kappa shape index (κ1) is 73.7. The zero-order valence-corrected chi connectivity index (χ0v) is 68.8. The van der Waals surface area contributed by atoms with Gasteiger partial charge in [0.15, 0.2) is 0 Å². The molecule has 0 saturated carbocycles. The van der Waals surface area contributed by atoms with Gasteiger partial charge in [-0.05, 0) is 260 Å². The van der Waals surface area contributed by atoms with Gasteiger partial charge in [0.05, 0.1) is 11.0 Å². The molecule has 0 N–H and O–H groups in total. The first-order valence-electron chi connectivity index (χ1n) is 41.8. The van der Waals surface area contributed by atoms with Crippen LogP contribution >= 0.6 is 22.7 Å². The molecule has 20 aromatic carbocycles. The van der Waals surface area contributed by atoms with Crippen molar-refractivity contribution >= 4 is 175 Å². The minimum absolute atomic E-state index is 1.08. The molecule has 0 saturated heterocycles. The highest BCUT2D eigenvalue weighted by molar-refractivity contribution is 7.26. The summed E-state index contributed by atoms with van der Waals surface area (Å²) in [6.45, 7) is 0. The van der Waals surface area contributed by atoms with Gasteiger partial charge in [-0.25, -0.2) is 0 Å². The summed E-state index contributed by atoms with van der Waals surface area (Å²) >= 11 is 3.71. The molecule has 0 aliphatic heterocycles. The SMILES string of the molecule is c1ccc(-c2ccc(N(c3ccc(-c4ccc(N(c5ccc(-c6ccccc6)cc5)c5ccc6ccccc6c5)cc4)cc3)c3ccc4ccccc4c3)cc2)cc1.c1ccc(N(c2cccc(N(c3ccccc3)c3ccc4sc5ccc(-c6ccc7c8ccccc8n(-c8ccccc8)c7c6)cc5c4c3)c2)c2ccc3sc4ccccc4c3c2)cc1. The zero-order valence-electron chi connectivity index (χ0n) is 67.2. The molecule has 0 aliphatic rings. The lowest BCUT2D eigenvalue weighted by molar-refractivity contribution is 1.18. The average molecular weight is 1610 g/mol. The van der Waals surface area contributed by atoms with E-state index in [4.69, 9.17) is 0 Å². The maximum Gasteiger partial charge on any atom is 0.0547 e. The van der Waals surface area contributed by atoms with Crippen LogP contribution in [0.1, 0.15) is 0 Å². The predicted octanol–water partition coefficient (Wildman–Crippen LogP) is 34.1. The van der Waals surface area contributed by atoms with E-state index >= 15 is 0 Å². The van der Waals surface area contributed by atoms with Crippen LogP contribution in [0.2, 0.25) is 0 Å². The Morgan fingerprint density at radius 1 is 0.146 bits per heavy atom. The van der Waals surface area contributed by atoms with Crippen LogP contribution in [0, 0.1) is 0 Å². The van der Waals surface area contributed by atoms with Gasteiger partial charge in [0, 0.05) is 125 Å². The molecule has 0 atom stereocenters. The Morgan fingerprint density at radius 2 is 0.439 bits per heavy atom. The molecule has 23 aromatic rings. The van der Waals surface area contributed by atoms with Gasteiger partial charge in [0.25, 0.3) is 0 Å². The molecule has 0 bridgehead atoms. The highest BCUT2D eigenvalue weighted by Gasteiger charge is 2.23. The van der Waals surface area contributed by atoms with Gasteiger partial charge in [-0.3, -0.25) is 0 Å². The standard InChI is InChI=1S/C60H39N3S2.C56H40N2/c1-4-15-42(16-5-1)61(47-29-33-59-53(38-47)51-24-11-13-26-57(51)64-59)45-21-14-22-46(37-45)62(43-17-6-2-7-18-43)48-30-34-60-54(39-48)52-35-40(28-32-58(52)65-60)41-27-31-50-49-23-10-12-25-55(49)63(56(50)36-41)44-19-8-3-9-20-44;1-3-11-41(12-4-1)45-19-29-51(30-20-45)57(55-37-27-43-15-7-9-17-49(43)39-55)53-33-23-47(24-34-53)48-25-35-54(36-26-48)58(56-38-28-44-16-8-10-18-50(44)40-56)52-31-21-46(22-32-52)42-13-5-2-6-14-42/h1-39H;1-40H. The van der Waals surface area contributed by atoms with E-state index in [1.807, 2.05) is 22.7 Å². The maximum atomic E-state index is 2.40. The van der Waals surface area contributed by atoms with Crippen LogP contribution in [-0.2, 0) is 0 Å². The number of nitrogens with zero attached hydrogens (tertiary/aromatic N) is 5. The van der Waals surface area contributed by atoms with Crippen LogP contribution in [-0.4, -0.2) is 4.57 Å². The Bertz CT molecular complexity index is 7580. The number of thiophene rings is 2. The van der Waals surface area contributed by atoms with Crippen molar-refractivity contribution < 1.29 is 0 Å². The summed E-state index contributed by atoms with van der Waals surface area (Å²) in [4.78, 5) is 9.47. The van der Waals surface area contributed by atoms with E-state index in [0.29, 0.717) is 0 Å². The smallest absolute Gasteiger partial charge is 0.0547 e. The Hall–Kier alpha value is -15.6. The van der Waals surface area contributed by atoms with Gasteiger partial charge in [0.1, 0.15) is 0 Å². The maximum absolute atomic E-state index is 2.40. The van der Waals surface area contributed by atoms with Crippen molar-refractivity contribution in [2.24, 2.45) is 0 Å². The number of anilines is 12. The number of aromatic nitrogens is 1. The molecule has 0 fully saturated rings. The van der Waals surface area contributed by atoms with E-state index in [2.05, 4.69) is 503 Å². The number of benzene rings is 20. The average Bonchev–Trinajstić information content (AvgIpc) is 1.57. The van der Waals surface area contributed by atoms with E-state index in [-0.39, 0.29) is 0 Å². The quantitative estimate of drug-likeness (QED) is 0.0904. The number of para-hydroxylation sites is 4. The minimum atomic E-state index is 1.08. The van der Waals surface area contributed by atoms with Gasteiger partial charge < -0.3 is 24.2 Å². The van der Waals surface area contributed by atoms with E-state index in [1.54, 1.807) is 0 Å². The van der Waals surface area contributed by atoms with Gasteiger partial charge in [-0.2, -0.15) is 0 Å². The van der Waals surface area contributed by atoms with Gasteiger partial charge in [-0.15, -0.1) is 22.7 Å². The highest BCUT2D eigenvalue weighted by atomic mass is 32.1. The Morgan fingerprint density at radius 3 is 0.927 bits per heavy atom. The van der Waals surface area contributed by atoms with Crippen LogP contribution in [0.4, 0.5) is 68.2 Å². The summed E-state index contributed by atoms with van der Waals surface area (Å²) in [7, 11) is 0. The zero-order chi connectivity index (χ0) is 81.5. The van der Waals surface area contributed by atoms with E-state index in [1.165, 1.54) is 117 Å². The third-order valence-electron chi connectivity index (χ3n) is 23.8. The van der Waals surface area contributed by atoms with Crippen molar-refractivity contribution in [1.82, 2.24) is 4.57 Å². The van der Waals surface area contributed by atoms with Crippen molar-refractivity contribution in [3.05, 3.63) is 479 Å². The molecule has 0 unspecified atom stereocenters. The first-order chi connectivity index (χ1) is 60.9. The van der Waals surface area contributed by atoms with Gasteiger partial charge in [-0.1, -0.05) is 285 Å². The van der Waals surface area contributed by atoms with Crippen molar-refractivity contribution in [2.45, 2.75) is 0 Å². The summed E-state index contributed by atoms with van der Waals surface area (Å²) in [6.07, 6.45) is 0. The lowest BCUT2D eigenvalue weighted by Crippen LogP contribution is -2.13. The fourth-order valence-corrected chi connectivity index (χ4v) is 19.9. The molecule has 7 heteroatoms. The monoisotopic (exact) mass is 1610 g/mol. The second-order valence-electron chi connectivity index (χ2n) is 31.2. The number of rotatable bonds is 17. The molecule has 3 heterocycles. The number of hydrogen-bond donors (Lipinski definition) is 0. The summed E-state index contributed by atoms with van der Waals surface area (Å²) < 4.78 is 7.55. The lowest BCUT2D eigenvalue weighted by Gasteiger charge is -2.29. The van der Waals surface area contributed by atoms with Crippen LogP contribution in [0.15, 0.2) is 479 Å². The second kappa shape index (κ2) is 32.2. The Balaban J connectivity index is 0.000000148. The van der Waals surface area contributed by atoms with Gasteiger partial charge >= 0.3 is 0 Å². The predicted molar refractivity (Wildman–Crippen MR) is 528 cm³/mol. The van der Waals surface area contributed by atoms with Crippen molar-refractivity contribution in [2.75, 3.05) is 19.6 Å². The fraction of sp³-hybridized carbons (Fsp3) is 0. The highest BCUT2D eigenvalue weighted by Crippen LogP contribution is 2.48. The molecule has 0 aliphatic carbocycles. The molecule has 580 valence electrons. The Labute approximate surface area is 722 Å². The third kappa shape index (κ3) is 14.3. The molecule has 5 nitrogen and oxygen atoms in total. The topological polar surface area (TPSA) is 17.9 Å². The first-order valence-corrected chi connectivity index (χ1v) is 43.5. The summed E-state index contributed by atoms with van der Waals surface area (Å²) in [5.74, 6) is 0. The molecule has 3 aromatic heterocycles. The van der Waals surface area contributed by atoms with Gasteiger partial charge in [0.2, 0.25) is 0 Å². The van der Waals surface area contributed by atoms with Crippen LogP contribution in [0.3, 0.4) is 0 Å². The second-order valence-corrected chi connectivity index (χ2v) is 33.4. The normalized spacial score (nSPS) is 11.4. The molecule has 0 radical (unpaired) electrons. The van der Waals surface area contributed by atoms with E-state index in [0.717, 1.165) is 85.1 Å². The van der Waals surface area contributed by atoms with E-state index in [9.17, 15) is 0 Å². The number of fused-ring (bicyclic) bond motifs is 11. The third-order valence-corrected chi connectivity index (χ3v) is 26.1. The summed E-state index contributed by atoms with van der Waals surface area (Å²) in [6, 6.07) is 174. The molecule has 0 spiro atoms. The molecular formula is C116H79N5S2. The molecule has 23 rings (SSSR count). The minimum Gasteiger partial charge on any atom is -0.310 e.